The number of nitrogens with zero attached hydrogens (tertiary/aromatic N) is 2. The van der Waals surface area contributed by atoms with Gasteiger partial charge in [0.1, 0.15) is 18.5 Å². The molecule has 1 aromatic heterocycles. The van der Waals surface area contributed by atoms with Crippen LogP contribution in [0.15, 0.2) is 24.3 Å². The predicted molar refractivity (Wildman–Crippen MR) is 84.8 cm³/mol. The van der Waals surface area contributed by atoms with Gasteiger partial charge in [-0.05, 0) is 30.5 Å². The van der Waals surface area contributed by atoms with Crippen LogP contribution in [-0.4, -0.2) is 29.2 Å². The third kappa shape index (κ3) is 3.27. The number of aromatic nitrogens is 1. The van der Waals surface area contributed by atoms with E-state index in [2.05, 4.69) is 4.98 Å². The summed E-state index contributed by atoms with van der Waals surface area (Å²) in [5, 5.41) is 0.0512. The Bertz CT molecular complexity index is 863. The molecule has 146 valence electrons. The maximum Gasteiger partial charge on any atom is 0.433 e. The number of halogens is 6. The summed E-state index contributed by atoms with van der Waals surface area (Å²) < 4.78 is 85.9. The van der Waals surface area contributed by atoms with Gasteiger partial charge in [-0.1, -0.05) is 18.6 Å². The molecule has 0 radical (unpaired) electrons. The Balaban J connectivity index is 1.94. The van der Waals surface area contributed by atoms with Crippen molar-refractivity contribution in [2.45, 2.75) is 43.8 Å². The first-order valence-electron chi connectivity index (χ1n) is 8.60. The molecule has 4 rings (SSSR count). The van der Waals surface area contributed by atoms with Crippen molar-refractivity contribution in [2.75, 3.05) is 13.3 Å². The Labute approximate surface area is 150 Å². The molecule has 1 unspecified atom stereocenters. The predicted octanol–water partition coefficient (Wildman–Crippen LogP) is 5.16. The molecule has 1 aromatic carbocycles. The lowest BCUT2D eigenvalue weighted by Crippen LogP contribution is -2.36. The standard InChI is InChI=1S/C18H16F6N2O/c19-17(20,21)12-5-3-4-10-11(8-14(18(22,23)24)25-15(10)12)16-13-6-1-2-7-26(13)9-27-16/h3-5,8,13,16H,1-2,6-7,9H2/t13-,16?/m0/s1. The van der Waals surface area contributed by atoms with Crippen molar-refractivity contribution in [3.63, 3.8) is 0 Å². The molecule has 2 fully saturated rings. The molecule has 2 saturated heterocycles. The summed E-state index contributed by atoms with van der Waals surface area (Å²) in [6, 6.07) is 4.02. The Hall–Kier alpha value is -1.87. The van der Waals surface area contributed by atoms with Gasteiger partial charge in [-0.3, -0.25) is 4.90 Å². The summed E-state index contributed by atoms with van der Waals surface area (Å²) in [5.41, 5.74) is -3.08. The topological polar surface area (TPSA) is 25.4 Å². The van der Waals surface area contributed by atoms with Crippen molar-refractivity contribution in [1.29, 1.82) is 0 Å². The van der Waals surface area contributed by atoms with Crippen LogP contribution in [0, 0.1) is 0 Å². The number of alkyl halides is 6. The smallest absolute Gasteiger partial charge is 0.356 e. The molecule has 0 amide bonds. The average Bonchev–Trinajstić information content (AvgIpc) is 3.02. The highest BCUT2D eigenvalue weighted by molar-refractivity contribution is 5.86. The van der Waals surface area contributed by atoms with Gasteiger partial charge in [0.2, 0.25) is 0 Å². The molecule has 0 aliphatic carbocycles. The van der Waals surface area contributed by atoms with Crippen molar-refractivity contribution >= 4 is 10.9 Å². The first-order valence-corrected chi connectivity index (χ1v) is 8.60. The summed E-state index contributed by atoms with van der Waals surface area (Å²) in [5.74, 6) is 0. The number of fused-ring (bicyclic) bond motifs is 2. The van der Waals surface area contributed by atoms with Crippen LogP contribution in [-0.2, 0) is 17.1 Å². The van der Waals surface area contributed by atoms with Gasteiger partial charge in [-0.25, -0.2) is 4.98 Å². The van der Waals surface area contributed by atoms with Gasteiger partial charge in [0.15, 0.2) is 0 Å². The summed E-state index contributed by atoms with van der Waals surface area (Å²) in [7, 11) is 0. The zero-order valence-electron chi connectivity index (χ0n) is 14.1. The summed E-state index contributed by atoms with van der Waals surface area (Å²) in [6.45, 7) is 1.03. The van der Waals surface area contributed by atoms with Crippen LogP contribution >= 0.6 is 0 Å². The maximum absolute atomic E-state index is 13.4. The van der Waals surface area contributed by atoms with Crippen LogP contribution in [0.4, 0.5) is 26.3 Å². The normalized spacial score (nSPS) is 24.4. The molecule has 3 heterocycles. The lowest BCUT2D eigenvalue weighted by molar-refractivity contribution is -0.142. The minimum absolute atomic E-state index is 0.0512. The summed E-state index contributed by atoms with van der Waals surface area (Å²) >= 11 is 0. The SMILES string of the molecule is FC(F)(F)c1cc(C2OCN3CCCC[C@@H]23)c2cccc(C(F)(F)F)c2n1. The van der Waals surface area contributed by atoms with Gasteiger partial charge >= 0.3 is 12.4 Å². The molecule has 0 N–H and O–H groups in total. The second kappa shape index (κ2) is 6.34. The molecule has 27 heavy (non-hydrogen) atoms. The number of piperidine rings is 1. The minimum Gasteiger partial charge on any atom is -0.356 e. The summed E-state index contributed by atoms with van der Waals surface area (Å²) in [6.07, 6.45) is -7.76. The number of ether oxygens (including phenoxy) is 1. The molecule has 2 atom stereocenters. The van der Waals surface area contributed by atoms with E-state index in [-0.39, 0.29) is 23.7 Å². The van der Waals surface area contributed by atoms with Crippen LogP contribution in [0.2, 0.25) is 0 Å². The van der Waals surface area contributed by atoms with Gasteiger partial charge in [-0.15, -0.1) is 0 Å². The summed E-state index contributed by atoms with van der Waals surface area (Å²) in [4.78, 5) is 5.36. The van der Waals surface area contributed by atoms with Gasteiger partial charge in [0, 0.05) is 18.0 Å². The third-order valence-corrected chi connectivity index (χ3v) is 5.21. The Morgan fingerprint density at radius 2 is 1.81 bits per heavy atom. The fourth-order valence-electron chi connectivity index (χ4n) is 3.99. The Kier molecular flexibility index (Phi) is 4.34. The quantitative estimate of drug-likeness (QED) is 0.630. The molecule has 2 aliphatic rings. The van der Waals surface area contributed by atoms with Crippen molar-refractivity contribution in [2.24, 2.45) is 0 Å². The fraction of sp³-hybridized carbons (Fsp3) is 0.500. The van der Waals surface area contributed by atoms with Crippen molar-refractivity contribution < 1.29 is 31.1 Å². The molecule has 2 aliphatic heterocycles. The first-order chi connectivity index (χ1) is 12.7. The number of hydrogen-bond donors (Lipinski definition) is 0. The third-order valence-electron chi connectivity index (χ3n) is 5.21. The van der Waals surface area contributed by atoms with E-state index in [0.29, 0.717) is 0 Å². The zero-order valence-corrected chi connectivity index (χ0v) is 14.1. The van der Waals surface area contributed by atoms with E-state index >= 15 is 0 Å². The Morgan fingerprint density at radius 1 is 1.04 bits per heavy atom. The van der Waals surface area contributed by atoms with E-state index in [1.54, 1.807) is 0 Å². The molecular formula is C18H16F6N2O. The van der Waals surface area contributed by atoms with Crippen LogP contribution in [0.3, 0.4) is 0 Å². The van der Waals surface area contributed by atoms with Crippen LogP contribution in [0.25, 0.3) is 10.9 Å². The molecule has 0 bridgehead atoms. The van der Waals surface area contributed by atoms with Crippen LogP contribution in [0.1, 0.15) is 42.2 Å². The van der Waals surface area contributed by atoms with E-state index < -0.39 is 35.2 Å². The molecule has 2 aromatic rings. The second-order valence-electron chi connectivity index (χ2n) is 6.89. The van der Waals surface area contributed by atoms with E-state index in [1.165, 1.54) is 12.1 Å². The van der Waals surface area contributed by atoms with Crippen molar-refractivity contribution in [3.05, 3.63) is 41.1 Å². The molecule has 0 spiro atoms. The molecule has 3 nitrogen and oxygen atoms in total. The van der Waals surface area contributed by atoms with E-state index in [1.807, 2.05) is 4.90 Å². The van der Waals surface area contributed by atoms with Gasteiger partial charge in [-0.2, -0.15) is 26.3 Å². The largest absolute Gasteiger partial charge is 0.433 e. The van der Waals surface area contributed by atoms with Crippen molar-refractivity contribution in [1.82, 2.24) is 9.88 Å². The highest BCUT2D eigenvalue weighted by Gasteiger charge is 2.42. The van der Waals surface area contributed by atoms with E-state index in [4.69, 9.17) is 4.74 Å². The minimum atomic E-state index is -4.85. The first kappa shape index (κ1) is 18.5. The number of para-hydroxylation sites is 1. The van der Waals surface area contributed by atoms with Crippen LogP contribution in [0.5, 0.6) is 0 Å². The number of hydrogen-bond acceptors (Lipinski definition) is 3. The lowest BCUT2D eigenvalue weighted by atomic mass is 9.91. The highest BCUT2D eigenvalue weighted by atomic mass is 19.4. The van der Waals surface area contributed by atoms with Gasteiger partial charge in [0.05, 0.1) is 11.1 Å². The van der Waals surface area contributed by atoms with Gasteiger partial charge in [0.25, 0.3) is 0 Å². The van der Waals surface area contributed by atoms with Crippen LogP contribution < -0.4 is 0 Å². The van der Waals surface area contributed by atoms with Gasteiger partial charge < -0.3 is 4.74 Å². The molecule has 9 heteroatoms. The number of rotatable bonds is 1. The van der Waals surface area contributed by atoms with Crippen molar-refractivity contribution in [3.8, 4) is 0 Å². The number of benzene rings is 1. The Morgan fingerprint density at radius 3 is 2.52 bits per heavy atom. The maximum atomic E-state index is 13.4. The average molecular weight is 390 g/mol. The fourth-order valence-corrected chi connectivity index (χ4v) is 3.99. The highest BCUT2D eigenvalue weighted by Crippen LogP contribution is 2.43. The van der Waals surface area contributed by atoms with E-state index in [9.17, 15) is 26.3 Å². The molecular weight excluding hydrogens is 374 g/mol. The number of pyridine rings is 1. The van der Waals surface area contributed by atoms with E-state index in [0.717, 1.165) is 37.9 Å². The second-order valence-corrected chi connectivity index (χ2v) is 6.89. The lowest BCUT2D eigenvalue weighted by Gasteiger charge is -2.30. The zero-order chi connectivity index (χ0) is 19.4. The monoisotopic (exact) mass is 390 g/mol. The molecule has 0 saturated carbocycles.